The second kappa shape index (κ2) is 10.9. The maximum Gasteiger partial charge on any atom is 0.408 e. The van der Waals surface area contributed by atoms with Crippen molar-refractivity contribution in [3.05, 3.63) is 0 Å². The molecule has 1 aliphatic carbocycles. The number of alkyl carbamates (subject to hydrolysis) is 1. The minimum Gasteiger partial charge on any atom is -0.464 e. The lowest BCUT2D eigenvalue weighted by atomic mass is 10.1. The van der Waals surface area contributed by atoms with E-state index in [0.29, 0.717) is 25.7 Å². The summed E-state index contributed by atoms with van der Waals surface area (Å²) in [5.41, 5.74) is -1.98. The maximum absolute atomic E-state index is 13.5. The first-order valence-corrected chi connectivity index (χ1v) is 12.4. The average Bonchev–Trinajstić information content (AvgIpc) is 3.30. The Kier molecular flexibility index (Phi) is 8.31. The van der Waals surface area contributed by atoms with Gasteiger partial charge in [0.15, 0.2) is 5.54 Å². The Morgan fingerprint density at radius 2 is 2.00 bits per heavy atom. The molecule has 10 nitrogen and oxygen atoms in total. The van der Waals surface area contributed by atoms with E-state index >= 15 is 0 Å². The van der Waals surface area contributed by atoms with E-state index in [-0.39, 0.29) is 25.5 Å². The highest BCUT2D eigenvalue weighted by atomic mass is 16.6. The normalized spacial score (nSPS) is 31.4. The van der Waals surface area contributed by atoms with Crippen molar-refractivity contribution >= 4 is 23.9 Å². The third-order valence-electron chi connectivity index (χ3n) is 6.37. The molecule has 2 aliphatic heterocycles. The van der Waals surface area contributed by atoms with Gasteiger partial charge in [-0.15, -0.1) is 5.92 Å². The van der Waals surface area contributed by atoms with E-state index in [1.807, 2.05) is 0 Å². The Labute approximate surface area is 206 Å². The molecule has 0 aromatic carbocycles. The Bertz CT molecular complexity index is 903. The van der Waals surface area contributed by atoms with Crippen LogP contribution in [0.15, 0.2) is 0 Å². The molecule has 3 N–H and O–H groups in total. The molecule has 0 spiro atoms. The van der Waals surface area contributed by atoms with Gasteiger partial charge in [-0.1, -0.05) is 18.8 Å². The van der Waals surface area contributed by atoms with Gasteiger partial charge in [0.1, 0.15) is 17.7 Å². The molecule has 1 saturated carbocycles. The predicted octanol–water partition coefficient (Wildman–Crippen LogP) is 1.25. The van der Waals surface area contributed by atoms with Gasteiger partial charge in [0, 0.05) is 19.4 Å². The third-order valence-corrected chi connectivity index (χ3v) is 6.37. The van der Waals surface area contributed by atoms with E-state index in [1.54, 1.807) is 27.7 Å². The summed E-state index contributed by atoms with van der Waals surface area (Å²) >= 11 is 0. The van der Waals surface area contributed by atoms with Gasteiger partial charge in [-0.05, 0) is 47.0 Å². The summed E-state index contributed by atoms with van der Waals surface area (Å²) in [6.45, 7) is 7.01. The van der Waals surface area contributed by atoms with Gasteiger partial charge in [-0.25, -0.2) is 9.59 Å². The standard InChI is InChI=1S/C25H37N3O7/c1-5-34-22(32)25-14-16(25)11-9-7-6-8-10-12-18(26-23(33)35-24(2,3)4)21(31)28-15-17(29)13-19(28)20(30)27-25/h16-19,29H,5-8,10,12-15H2,1-4H3,(H,26,33)(H,27,30)/t16-,17+,18+,19+,25-/m1/s1. The number of aliphatic hydroxyl groups excluding tert-OH is 1. The zero-order valence-corrected chi connectivity index (χ0v) is 21.0. The number of carbonyl (C=O) groups is 4. The SMILES string of the molecule is CCOC(=O)[C@@]12C[C@H]1C#CCCCCC[C@H](NC(=O)OC(C)(C)C)C(=O)N1C[C@@H](O)C[C@H]1C(=O)N2. The molecule has 3 amide bonds. The second-order valence-corrected chi connectivity index (χ2v) is 10.5. The summed E-state index contributed by atoms with van der Waals surface area (Å²) in [7, 11) is 0. The molecule has 0 aromatic heterocycles. The molecule has 3 rings (SSSR count). The fourth-order valence-corrected chi connectivity index (χ4v) is 4.56. The van der Waals surface area contributed by atoms with Crippen LogP contribution in [0.1, 0.15) is 72.6 Å². The molecule has 1 saturated heterocycles. The van der Waals surface area contributed by atoms with Gasteiger partial charge in [0.05, 0.1) is 18.6 Å². The van der Waals surface area contributed by atoms with Crippen LogP contribution in [0, 0.1) is 17.8 Å². The molecule has 2 fully saturated rings. The number of hydrogen-bond acceptors (Lipinski definition) is 7. The highest BCUT2D eigenvalue weighted by Crippen LogP contribution is 2.44. The molecule has 10 heteroatoms. The zero-order chi connectivity index (χ0) is 25.8. The maximum atomic E-state index is 13.5. The van der Waals surface area contributed by atoms with E-state index in [4.69, 9.17) is 9.47 Å². The summed E-state index contributed by atoms with van der Waals surface area (Å²) in [6.07, 6.45) is 2.01. The van der Waals surface area contributed by atoms with E-state index in [0.717, 1.165) is 12.8 Å². The fourth-order valence-electron chi connectivity index (χ4n) is 4.56. The average molecular weight is 492 g/mol. The van der Waals surface area contributed by atoms with Crippen molar-refractivity contribution in [2.24, 2.45) is 5.92 Å². The van der Waals surface area contributed by atoms with Gasteiger partial charge >= 0.3 is 12.1 Å². The van der Waals surface area contributed by atoms with Crippen molar-refractivity contribution in [3.63, 3.8) is 0 Å². The number of carbonyl (C=O) groups excluding carboxylic acids is 4. The van der Waals surface area contributed by atoms with Crippen molar-refractivity contribution < 1.29 is 33.8 Å². The van der Waals surface area contributed by atoms with Crippen LogP contribution < -0.4 is 10.6 Å². The highest BCUT2D eigenvalue weighted by Gasteiger charge is 2.63. The number of aliphatic hydroxyl groups is 1. The molecule has 0 radical (unpaired) electrons. The van der Waals surface area contributed by atoms with Gasteiger partial charge < -0.3 is 30.1 Å². The van der Waals surface area contributed by atoms with Crippen LogP contribution in [0.4, 0.5) is 4.79 Å². The lowest BCUT2D eigenvalue weighted by Crippen LogP contribution is -2.56. The third kappa shape index (κ3) is 6.66. The number of nitrogens with one attached hydrogen (secondary N) is 2. The molecule has 0 unspecified atom stereocenters. The minimum absolute atomic E-state index is 0.0337. The van der Waals surface area contributed by atoms with Crippen molar-refractivity contribution in [1.29, 1.82) is 0 Å². The molecule has 5 atom stereocenters. The van der Waals surface area contributed by atoms with Crippen molar-refractivity contribution in [3.8, 4) is 11.8 Å². The quantitative estimate of drug-likeness (QED) is 0.399. The number of ether oxygens (including phenoxy) is 2. The molecule has 194 valence electrons. The molecule has 3 aliphatic rings. The Balaban J connectivity index is 1.85. The lowest BCUT2D eigenvalue weighted by Gasteiger charge is -2.30. The Morgan fingerprint density at radius 3 is 2.69 bits per heavy atom. The first kappa shape index (κ1) is 26.8. The zero-order valence-electron chi connectivity index (χ0n) is 21.0. The van der Waals surface area contributed by atoms with E-state index in [1.165, 1.54) is 4.90 Å². The number of nitrogens with zero attached hydrogens (tertiary/aromatic N) is 1. The van der Waals surface area contributed by atoms with Crippen LogP contribution in [0.25, 0.3) is 0 Å². The number of esters is 1. The second-order valence-electron chi connectivity index (χ2n) is 10.5. The van der Waals surface area contributed by atoms with Crippen molar-refractivity contribution in [1.82, 2.24) is 15.5 Å². The monoisotopic (exact) mass is 491 g/mol. The van der Waals surface area contributed by atoms with E-state index < -0.39 is 53.2 Å². The lowest BCUT2D eigenvalue weighted by molar-refractivity contribution is -0.150. The van der Waals surface area contributed by atoms with Crippen LogP contribution in [0.3, 0.4) is 0 Å². The first-order chi connectivity index (χ1) is 16.5. The molecule has 0 aromatic rings. The summed E-state index contributed by atoms with van der Waals surface area (Å²) in [5, 5.41) is 15.8. The smallest absolute Gasteiger partial charge is 0.408 e. The van der Waals surface area contributed by atoms with E-state index in [9.17, 15) is 24.3 Å². The summed E-state index contributed by atoms with van der Waals surface area (Å²) in [5.74, 6) is 4.29. The Hall–Kier alpha value is -2.80. The van der Waals surface area contributed by atoms with Crippen molar-refractivity contribution in [2.45, 2.75) is 102 Å². The fraction of sp³-hybridized carbons (Fsp3) is 0.760. The van der Waals surface area contributed by atoms with E-state index in [2.05, 4.69) is 22.5 Å². The topological polar surface area (TPSA) is 134 Å². The van der Waals surface area contributed by atoms with Gasteiger partial charge in [0.25, 0.3) is 0 Å². The molecular formula is C25H37N3O7. The van der Waals surface area contributed by atoms with Crippen molar-refractivity contribution in [2.75, 3.05) is 13.2 Å². The molecule has 35 heavy (non-hydrogen) atoms. The van der Waals surface area contributed by atoms with Crippen LogP contribution >= 0.6 is 0 Å². The summed E-state index contributed by atoms with van der Waals surface area (Å²) in [4.78, 5) is 53.3. The van der Waals surface area contributed by atoms with Crippen LogP contribution in [-0.2, 0) is 23.9 Å². The van der Waals surface area contributed by atoms with Gasteiger partial charge in [-0.2, -0.15) is 0 Å². The summed E-state index contributed by atoms with van der Waals surface area (Å²) in [6, 6.07) is -1.89. The van der Waals surface area contributed by atoms with Crippen LogP contribution in [0.5, 0.6) is 0 Å². The minimum atomic E-state index is -1.24. The first-order valence-electron chi connectivity index (χ1n) is 12.4. The van der Waals surface area contributed by atoms with Gasteiger partial charge in [0.2, 0.25) is 11.8 Å². The number of rotatable bonds is 3. The Morgan fingerprint density at radius 1 is 1.26 bits per heavy atom. The number of fused-ring (bicyclic) bond motifs is 2. The van der Waals surface area contributed by atoms with Crippen LogP contribution in [0.2, 0.25) is 0 Å². The molecule has 0 bridgehead atoms. The largest absolute Gasteiger partial charge is 0.464 e. The van der Waals surface area contributed by atoms with Crippen LogP contribution in [-0.4, -0.2) is 76.4 Å². The predicted molar refractivity (Wildman–Crippen MR) is 126 cm³/mol. The molecular weight excluding hydrogens is 454 g/mol. The highest BCUT2D eigenvalue weighted by molar-refractivity contribution is 5.96. The summed E-state index contributed by atoms with van der Waals surface area (Å²) < 4.78 is 10.5. The molecule has 2 heterocycles. The number of amides is 3. The van der Waals surface area contributed by atoms with Gasteiger partial charge in [-0.3, -0.25) is 9.59 Å². The number of hydrogen-bond donors (Lipinski definition) is 3.